The number of benzene rings is 1. The predicted molar refractivity (Wildman–Crippen MR) is 96.2 cm³/mol. The van der Waals surface area contributed by atoms with E-state index in [0.717, 1.165) is 24.1 Å². The van der Waals surface area contributed by atoms with Crippen LogP contribution in [0.2, 0.25) is 0 Å². The minimum Gasteiger partial charge on any atom is -0.466 e. The Morgan fingerprint density at radius 2 is 1.75 bits per heavy atom. The van der Waals surface area contributed by atoms with E-state index in [4.69, 9.17) is 4.74 Å². The van der Waals surface area contributed by atoms with Crippen molar-refractivity contribution in [2.75, 3.05) is 40.3 Å². The van der Waals surface area contributed by atoms with Crippen LogP contribution in [0.3, 0.4) is 0 Å². The van der Waals surface area contributed by atoms with Gasteiger partial charge in [-0.2, -0.15) is 0 Å². The maximum absolute atomic E-state index is 12.8. The van der Waals surface area contributed by atoms with E-state index in [1.807, 2.05) is 46.1 Å². The number of carbonyl (C=O) groups excluding carboxylic acids is 2. The summed E-state index contributed by atoms with van der Waals surface area (Å²) in [4.78, 5) is 28.3. The van der Waals surface area contributed by atoms with Crippen LogP contribution in [0.1, 0.15) is 41.3 Å². The fourth-order valence-electron chi connectivity index (χ4n) is 2.41. The first-order valence-corrected chi connectivity index (χ1v) is 8.52. The van der Waals surface area contributed by atoms with Gasteiger partial charge >= 0.3 is 5.97 Å². The molecule has 0 aliphatic carbocycles. The highest BCUT2D eigenvalue weighted by molar-refractivity contribution is 5.94. The Hall–Kier alpha value is -1.88. The van der Waals surface area contributed by atoms with Gasteiger partial charge in [0.05, 0.1) is 13.0 Å². The van der Waals surface area contributed by atoms with E-state index in [1.54, 1.807) is 11.8 Å². The minimum absolute atomic E-state index is 0.0267. The first-order valence-electron chi connectivity index (χ1n) is 8.52. The lowest BCUT2D eigenvalue weighted by Crippen LogP contribution is -2.35. The molecular weight excluding hydrogens is 304 g/mol. The lowest BCUT2D eigenvalue weighted by atomic mass is 10.1. The number of hydrogen-bond acceptors (Lipinski definition) is 4. The largest absolute Gasteiger partial charge is 0.466 e. The molecule has 5 nitrogen and oxygen atoms in total. The van der Waals surface area contributed by atoms with Gasteiger partial charge in [0.2, 0.25) is 0 Å². The molecular formula is C19H30N2O3. The van der Waals surface area contributed by atoms with Crippen LogP contribution < -0.4 is 0 Å². The summed E-state index contributed by atoms with van der Waals surface area (Å²) in [6, 6.07) is 5.74. The fourth-order valence-corrected chi connectivity index (χ4v) is 2.41. The van der Waals surface area contributed by atoms with Gasteiger partial charge in [-0.05, 0) is 71.1 Å². The van der Waals surface area contributed by atoms with Crippen molar-refractivity contribution < 1.29 is 14.3 Å². The maximum Gasteiger partial charge on any atom is 0.307 e. The molecule has 1 aromatic rings. The molecule has 0 saturated carbocycles. The van der Waals surface area contributed by atoms with Crippen molar-refractivity contribution in [1.29, 1.82) is 0 Å². The minimum atomic E-state index is -0.261. The number of carbonyl (C=O) groups is 2. The van der Waals surface area contributed by atoms with Crippen molar-refractivity contribution in [3.63, 3.8) is 0 Å². The van der Waals surface area contributed by atoms with Gasteiger partial charge in [-0.3, -0.25) is 9.59 Å². The zero-order valence-electron chi connectivity index (χ0n) is 15.6. The van der Waals surface area contributed by atoms with Crippen LogP contribution in [0, 0.1) is 13.8 Å². The molecule has 0 radical (unpaired) electrons. The molecule has 0 unspecified atom stereocenters. The van der Waals surface area contributed by atoms with E-state index in [0.29, 0.717) is 25.3 Å². The molecule has 5 heteroatoms. The van der Waals surface area contributed by atoms with Crippen LogP contribution >= 0.6 is 0 Å². The molecule has 1 amide bonds. The van der Waals surface area contributed by atoms with E-state index in [2.05, 4.69) is 4.90 Å². The second-order valence-electron chi connectivity index (χ2n) is 6.30. The number of nitrogens with zero attached hydrogens (tertiary/aromatic N) is 2. The van der Waals surface area contributed by atoms with Crippen LogP contribution in [0.4, 0.5) is 0 Å². The van der Waals surface area contributed by atoms with Gasteiger partial charge in [-0.25, -0.2) is 0 Å². The number of rotatable bonds is 9. The van der Waals surface area contributed by atoms with E-state index in [9.17, 15) is 9.59 Å². The summed E-state index contributed by atoms with van der Waals surface area (Å²) in [5.41, 5.74) is 2.93. The van der Waals surface area contributed by atoms with Crippen molar-refractivity contribution in [2.24, 2.45) is 0 Å². The third-order valence-electron chi connectivity index (χ3n) is 3.97. The van der Waals surface area contributed by atoms with Crippen LogP contribution in [0.25, 0.3) is 0 Å². The topological polar surface area (TPSA) is 49.9 Å². The second-order valence-corrected chi connectivity index (χ2v) is 6.30. The Morgan fingerprint density at radius 1 is 1.04 bits per heavy atom. The third-order valence-corrected chi connectivity index (χ3v) is 3.97. The van der Waals surface area contributed by atoms with Gasteiger partial charge in [0.15, 0.2) is 0 Å². The predicted octanol–water partition coefficient (Wildman–Crippen LogP) is 2.65. The second kappa shape index (κ2) is 10.1. The standard InChI is InChI=1S/C19H30N2O3/c1-6-24-18(22)10-13-21(12-7-11-20(4)5)19(23)17-9-8-15(2)16(3)14-17/h8-9,14H,6-7,10-13H2,1-5H3. The molecule has 0 aliphatic heterocycles. The Bertz CT molecular complexity index is 556. The van der Waals surface area contributed by atoms with Gasteiger partial charge in [-0.15, -0.1) is 0 Å². The van der Waals surface area contributed by atoms with Gasteiger partial charge in [0, 0.05) is 18.7 Å². The van der Waals surface area contributed by atoms with Crippen molar-refractivity contribution in [3.8, 4) is 0 Å². The zero-order valence-corrected chi connectivity index (χ0v) is 15.6. The highest BCUT2D eigenvalue weighted by atomic mass is 16.5. The van der Waals surface area contributed by atoms with Crippen molar-refractivity contribution in [2.45, 2.75) is 33.6 Å². The quantitative estimate of drug-likeness (QED) is 0.652. The molecule has 1 rings (SSSR count). The molecule has 0 aromatic heterocycles. The summed E-state index contributed by atoms with van der Waals surface area (Å²) < 4.78 is 4.97. The van der Waals surface area contributed by atoms with Crippen molar-refractivity contribution >= 4 is 11.9 Å². The van der Waals surface area contributed by atoms with E-state index >= 15 is 0 Å². The van der Waals surface area contributed by atoms with Crippen molar-refractivity contribution in [1.82, 2.24) is 9.80 Å². The number of amides is 1. The van der Waals surface area contributed by atoms with Crippen LogP contribution in [-0.2, 0) is 9.53 Å². The van der Waals surface area contributed by atoms with Gasteiger partial charge < -0.3 is 14.5 Å². The highest BCUT2D eigenvalue weighted by Crippen LogP contribution is 2.13. The molecule has 1 aromatic carbocycles. The summed E-state index contributed by atoms with van der Waals surface area (Å²) in [5.74, 6) is -0.288. The Morgan fingerprint density at radius 3 is 2.33 bits per heavy atom. The van der Waals surface area contributed by atoms with Crippen LogP contribution in [0.5, 0.6) is 0 Å². The molecule has 0 heterocycles. The third kappa shape index (κ3) is 6.71. The van der Waals surface area contributed by atoms with Gasteiger partial charge in [0.25, 0.3) is 5.91 Å². The Labute approximate surface area is 145 Å². The smallest absolute Gasteiger partial charge is 0.307 e. The fraction of sp³-hybridized carbons (Fsp3) is 0.579. The van der Waals surface area contributed by atoms with E-state index in [1.165, 1.54) is 0 Å². The lowest BCUT2D eigenvalue weighted by molar-refractivity contribution is -0.143. The number of esters is 1. The summed E-state index contributed by atoms with van der Waals surface area (Å²) >= 11 is 0. The van der Waals surface area contributed by atoms with Gasteiger partial charge in [-0.1, -0.05) is 6.07 Å². The zero-order chi connectivity index (χ0) is 18.1. The lowest BCUT2D eigenvalue weighted by Gasteiger charge is -2.23. The number of aryl methyl sites for hydroxylation is 2. The Kier molecular flexibility index (Phi) is 8.47. The molecule has 0 bridgehead atoms. The summed E-state index contributed by atoms with van der Waals surface area (Å²) in [5, 5.41) is 0. The van der Waals surface area contributed by atoms with E-state index < -0.39 is 0 Å². The highest BCUT2D eigenvalue weighted by Gasteiger charge is 2.17. The molecule has 0 saturated heterocycles. The monoisotopic (exact) mass is 334 g/mol. The molecule has 134 valence electrons. The number of hydrogen-bond donors (Lipinski definition) is 0. The van der Waals surface area contributed by atoms with Crippen LogP contribution in [-0.4, -0.2) is 62.0 Å². The maximum atomic E-state index is 12.8. The van der Waals surface area contributed by atoms with Crippen LogP contribution in [0.15, 0.2) is 18.2 Å². The first kappa shape index (κ1) is 20.2. The SMILES string of the molecule is CCOC(=O)CCN(CCCN(C)C)C(=O)c1ccc(C)c(C)c1. The molecule has 0 spiro atoms. The molecule has 0 atom stereocenters. The summed E-state index contributed by atoms with van der Waals surface area (Å²) in [7, 11) is 4.02. The Balaban J connectivity index is 2.78. The normalized spacial score (nSPS) is 10.8. The molecule has 0 aliphatic rings. The average Bonchev–Trinajstić information content (AvgIpc) is 2.52. The summed E-state index contributed by atoms with van der Waals surface area (Å²) in [6.07, 6.45) is 1.10. The summed E-state index contributed by atoms with van der Waals surface area (Å²) in [6.45, 7) is 8.09. The van der Waals surface area contributed by atoms with Crippen molar-refractivity contribution in [3.05, 3.63) is 34.9 Å². The number of ether oxygens (including phenoxy) is 1. The molecule has 0 N–H and O–H groups in total. The first-order chi connectivity index (χ1) is 11.3. The molecule has 0 fully saturated rings. The average molecular weight is 334 g/mol. The van der Waals surface area contributed by atoms with Gasteiger partial charge in [0.1, 0.15) is 0 Å². The van der Waals surface area contributed by atoms with E-state index in [-0.39, 0.29) is 18.3 Å². The molecule has 24 heavy (non-hydrogen) atoms.